The number of fused-ring (bicyclic) bond motifs is 1. The Hall–Kier alpha value is -2.33. The summed E-state index contributed by atoms with van der Waals surface area (Å²) in [4.78, 5) is 18.0. The van der Waals surface area contributed by atoms with Gasteiger partial charge in [-0.1, -0.05) is 63.1 Å². The highest BCUT2D eigenvalue weighted by Gasteiger charge is 2.27. The van der Waals surface area contributed by atoms with E-state index in [1.54, 1.807) is 0 Å². The summed E-state index contributed by atoms with van der Waals surface area (Å²) in [6, 6.07) is 15.3. The minimum Gasteiger partial charge on any atom is -0.354 e. The SMILES string of the molecule is CCCCNC(=O)C(CC(C)C)n1c(-c2ccccc2Cl)nc2ccccc21. The van der Waals surface area contributed by atoms with Crippen LogP contribution in [0.1, 0.15) is 46.1 Å². The first-order valence-electron chi connectivity index (χ1n) is 10.0. The first-order valence-corrected chi connectivity index (χ1v) is 10.4. The van der Waals surface area contributed by atoms with Gasteiger partial charge in [-0.2, -0.15) is 0 Å². The van der Waals surface area contributed by atoms with Crippen molar-refractivity contribution in [3.8, 4) is 11.4 Å². The van der Waals surface area contributed by atoms with E-state index >= 15 is 0 Å². The highest BCUT2D eigenvalue weighted by molar-refractivity contribution is 6.33. The molecule has 0 aliphatic rings. The Balaban J connectivity index is 2.15. The molecule has 1 amide bonds. The molecule has 0 aliphatic carbocycles. The number of unbranched alkanes of at least 4 members (excludes halogenated alkanes) is 1. The fourth-order valence-corrected chi connectivity index (χ4v) is 3.70. The van der Waals surface area contributed by atoms with Gasteiger partial charge >= 0.3 is 0 Å². The fraction of sp³-hybridized carbons (Fsp3) is 0.391. The largest absolute Gasteiger partial charge is 0.354 e. The van der Waals surface area contributed by atoms with Crippen LogP contribution in [0.25, 0.3) is 22.4 Å². The molecule has 148 valence electrons. The second-order valence-electron chi connectivity index (χ2n) is 7.56. The van der Waals surface area contributed by atoms with Gasteiger partial charge in [0.25, 0.3) is 0 Å². The number of nitrogens with one attached hydrogen (secondary N) is 1. The number of hydrogen-bond donors (Lipinski definition) is 1. The Morgan fingerprint density at radius 2 is 1.86 bits per heavy atom. The average molecular weight is 398 g/mol. The lowest BCUT2D eigenvalue weighted by molar-refractivity contribution is -0.124. The molecule has 0 aliphatic heterocycles. The third kappa shape index (κ3) is 4.39. The van der Waals surface area contributed by atoms with Crippen LogP contribution in [0.2, 0.25) is 5.02 Å². The lowest BCUT2D eigenvalue weighted by Gasteiger charge is -2.23. The monoisotopic (exact) mass is 397 g/mol. The maximum atomic E-state index is 13.2. The van der Waals surface area contributed by atoms with Crippen molar-refractivity contribution in [2.75, 3.05) is 6.54 Å². The van der Waals surface area contributed by atoms with Gasteiger partial charge < -0.3 is 9.88 Å². The minimum atomic E-state index is -0.337. The van der Waals surface area contributed by atoms with Crippen LogP contribution in [0.3, 0.4) is 0 Å². The smallest absolute Gasteiger partial charge is 0.243 e. The maximum Gasteiger partial charge on any atom is 0.243 e. The molecule has 1 N–H and O–H groups in total. The maximum absolute atomic E-state index is 13.2. The number of halogens is 1. The second-order valence-corrected chi connectivity index (χ2v) is 7.97. The second kappa shape index (κ2) is 9.24. The van der Waals surface area contributed by atoms with E-state index in [9.17, 15) is 4.79 Å². The standard InChI is InChI=1S/C23H28ClN3O/c1-4-5-14-25-23(28)21(15-16(2)3)27-20-13-9-8-12-19(20)26-22(27)17-10-6-7-11-18(17)24/h6-13,16,21H,4-5,14-15H2,1-3H3,(H,25,28). The number of rotatable bonds is 8. The van der Waals surface area contributed by atoms with Crippen LogP contribution in [0, 0.1) is 5.92 Å². The fourth-order valence-electron chi connectivity index (χ4n) is 3.47. The molecule has 1 heterocycles. The van der Waals surface area contributed by atoms with Crippen LogP contribution in [-0.4, -0.2) is 22.0 Å². The molecule has 4 nitrogen and oxygen atoms in total. The van der Waals surface area contributed by atoms with Gasteiger partial charge in [-0.25, -0.2) is 4.98 Å². The normalized spacial score (nSPS) is 12.5. The van der Waals surface area contributed by atoms with Gasteiger partial charge in [0.1, 0.15) is 11.9 Å². The van der Waals surface area contributed by atoms with Crippen molar-refractivity contribution in [3.63, 3.8) is 0 Å². The van der Waals surface area contributed by atoms with E-state index in [-0.39, 0.29) is 11.9 Å². The first-order chi connectivity index (χ1) is 13.5. The third-order valence-electron chi connectivity index (χ3n) is 4.85. The molecule has 0 saturated heterocycles. The van der Waals surface area contributed by atoms with E-state index in [4.69, 9.17) is 16.6 Å². The van der Waals surface area contributed by atoms with Crippen molar-refractivity contribution in [1.29, 1.82) is 0 Å². The molecule has 2 aromatic carbocycles. The predicted octanol–water partition coefficient (Wildman–Crippen LogP) is 5.86. The van der Waals surface area contributed by atoms with Gasteiger partial charge in [0.15, 0.2) is 0 Å². The lowest BCUT2D eigenvalue weighted by Crippen LogP contribution is -2.34. The Morgan fingerprint density at radius 3 is 2.57 bits per heavy atom. The van der Waals surface area contributed by atoms with E-state index in [0.29, 0.717) is 17.5 Å². The molecule has 1 atom stereocenters. The van der Waals surface area contributed by atoms with Crippen molar-refractivity contribution in [1.82, 2.24) is 14.9 Å². The summed E-state index contributed by atoms with van der Waals surface area (Å²) in [6.07, 6.45) is 2.76. The number of imidazole rings is 1. The van der Waals surface area contributed by atoms with E-state index in [1.165, 1.54) is 0 Å². The Labute approximate surface area is 171 Å². The number of carbonyl (C=O) groups is 1. The Bertz CT molecular complexity index is 948. The first kappa shape index (κ1) is 20.4. The summed E-state index contributed by atoms with van der Waals surface area (Å²) in [5.41, 5.74) is 2.66. The average Bonchev–Trinajstić information content (AvgIpc) is 3.05. The Kier molecular flexibility index (Phi) is 6.74. The zero-order valence-electron chi connectivity index (χ0n) is 16.8. The van der Waals surface area contributed by atoms with Gasteiger partial charge in [-0.05, 0) is 43.0 Å². The Morgan fingerprint density at radius 1 is 1.14 bits per heavy atom. The molecule has 0 spiro atoms. The summed E-state index contributed by atoms with van der Waals surface area (Å²) in [7, 11) is 0. The highest BCUT2D eigenvalue weighted by atomic mass is 35.5. The van der Waals surface area contributed by atoms with Crippen LogP contribution >= 0.6 is 11.6 Å². The van der Waals surface area contributed by atoms with Crippen molar-refractivity contribution < 1.29 is 4.79 Å². The predicted molar refractivity (Wildman–Crippen MR) is 117 cm³/mol. The van der Waals surface area contributed by atoms with Crippen LogP contribution in [0.15, 0.2) is 48.5 Å². The van der Waals surface area contributed by atoms with Crippen LogP contribution < -0.4 is 5.32 Å². The topological polar surface area (TPSA) is 46.9 Å². The van der Waals surface area contributed by atoms with E-state index in [0.717, 1.165) is 41.7 Å². The minimum absolute atomic E-state index is 0.0404. The van der Waals surface area contributed by atoms with Crippen molar-refractivity contribution in [2.24, 2.45) is 5.92 Å². The van der Waals surface area contributed by atoms with E-state index in [2.05, 4.69) is 30.7 Å². The zero-order valence-corrected chi connectivity index (χ0v) is 17.5. The van der Waals surface area contributed by atoms with Crippen LogP contribution in [0.4, 0.5) is 0 Å². The lowest BCUT2D eigenvalue weighted by atomic mass is 10.0. The molecule has 3 aromatic rings. The molecule has 28 heavy (non-hydrogen) atoms. The number of hydrogen-bond acceptors (Lipinski definition) is 2. The highest BCUT2D eigenvalue weighted by Crippen LogP contribution is 2.34. The van der Waals surface area contributed by atoms with E-state index < -0.39 is 0 Å². The summed E-state index contributed by atoms with van der Waals surface area (Å²) in [5, 5.41) is 3.75. The molecule has 0 saturated carbocycles. The van der Waals surface area contributed by atoms with Crippen LogP contribution in [0.5, 0.6) is 0 Å². The number of aromatic nitrogens is 2. The van der Waals surface area contributed by atoms with Crippen molar-refractivity contribution >= 4 is 28.5 Å². The summed E-state index contributed by atoms with van der Waals surface area (Å²) >= 11 is 6.50. The molecule has 1 aromatic heterocycles. The molecular formula is C23H28ClN3O. The zero-order chi connectivity index (χ0) is 20.1. The molecule has 0 bridgehead atoms. The number of para-hydroxylation sites is 2. The summed E-state index contributed by atoms with van der Waals surface area (Å²) in [5.74, 6) is 1.14. The van der Waals surface area contributed by atoms with Crippen molar-refractivity contribution in [2.45, 2.75) is 46.1 Å². The number of benzene rings is 2. The summed E-state index contributed by atoms with van der Waals surface area (Å²) < 4.78 is 2.07. The van der Waals surface area contributed by atoms with Gasteiger partial charge in [-0.15, -0.1) is 0 Å². The van der Waals surface area contributed by atoms with Gasteiger partial charge in [-0.3, -0.25) is 4.79 Å². The van der Waals surface area contributed by atoms with Gasteiger partial charge in [0.05, 0.1) is 16.1 Å². The van der Waals surface area contributed by atoms with Gasteiger partial charge in [0.2, 0.25) is 5.91 Å². The van der Waals surface area contributed by atoms with E-state index in [1.807, 2.05) is 48.5 Å². The van der Waals surface area contributed by atoms with Crippen molar-refractivity contribution in [3.05, 3.63) is 53.6 Å². The molecule has 0 fully saturated rings. The molecule has 3 rings (SSSR count). The molecule has 1 unspecified atom stereocenters. The number of carbonyl (C=O) groups excluding carboxylic acids is 1. The summed E-state index contributed by atoms with van der Waals surface area (Å²) in [6.45, 7) is 7.09. The number of amides is 1. The molecule has 5 heteroatoms. The quantitative estimate of drug-likeness (QED) is 0.484. The third-order valence-corrected chi connectivity index (χ3v) is 5.18. The molecular weight excluding hydrogens is 370 g/mol. The van der Waals surface area contributed by atoms with Gasteiger partial charge in [0, 0.05) is 12.1 Å². The van der Waals surface area contributed by atoms with Crippen LogP contribution in [-0.2, 0) is 4.79 Å². The molecule has 0 radical (unpaired) electrons. The number of nitrogens with zero attached hydrogens (tertiary/aromatic N) is 2.